The van der Waals surface area contributed by atoms with E-state index in [1.807, 2.05) is 53.2 Å². The van der Waals surface area contributed by atoms with E-state index in [-0.39, 0.29) is 18.5 Å². The molecule has 1 aliphatic heterocycles. The molecule has 10 nitrogen and oxygen atoms in total. The van der Waals surface area contributed by atoms with Gasteiger partial charge in [0.2, 0.25) is 0 Å². The second-order valence-corrected chi connectivity index (χ2v) is 8.68. The average molecular weight is 517 g/mol. The third-order valence-corrected chi connectivity index (χ3v) is 6.08. The number of nitrogens with one attached hydrogen (secondary N) is 1. The number of nitrogens with zero attached hydrogens (tertiary/aromatic N) is 3. The number of aromatic nitrogens is 3. The van der Waals surface area contributed by atoms with Gasteiger partial charge in [-0.25, -0.2) is 19.3 Å². The van der Waals surface area contributed by atoms with Crippen LogP contribution in [0.2, 0.25) is 0 Å². The fourth-order valence-electron chi connectivity index (χ4n) is 4.05. The summed E-state index contributed by atoms with van der Waals surface area (Å²) in [6, 6.07) is 20.4. The summed E-state index contributed by atoms with van der Waals surface area (Å²) >= 11 is 0. The third-order valence-electron chi connectivity index (χ3n) is 6.08. The van der Waals surface area contributed by atoms with Gasteiger partial charge in [0.15, 0.2) is 6.23 Å². The molecule has 1 fully saturated rings. The van der Waals surface area contributed by atoms with Gasteiger partial charge in [0.1, 0.15) is 23.7 Å². The molecule has 0 saturated carbocycles. The van der Waals surface area contributed by atoms with Crippen LogP contribution in [0.1, 0.15) is 35.1 Å². The Morgan fingerprint density at radius 3 is 2.71 bits per heavy atom. The number of hydrogen-bond acceptors (Lipinski definition) is 8. The topological polar surface area (TPSA) is 114 Å². The molecule has 1 amide bonds. The van der Waals surface area contributed by atoms with E-state index in [1.165, 1.54) is 7.11 Å². The van der Waals surface area contributed by atoms with Crippen LogP contribution in [0.4, 0.5) is 4.79 Å². The smallest absolute Gasteiger partial charge is 0.407 e. The van der Waals surface area contributed by atoms with Gasteiger partial charge >= 0.3 is 12.1 Å². The molecule has 1 aliphatic rings. The van der Waals surface area contributed by atoms with Crippen LogP contribution in [0.3, 0.4) is 0 Å². The minimum absolute atomic E-state index is 0.144. The van der Waals surface area contributed by atoms with E-state index in [1.54, 1.807) is 18.2 Å². The van der Waals surface area contributed by atoms with E-state index in [2.05, 4.69) is 10.3 Å². The summed E-state index contributed by atoms with van der Waals surface area (Å²) in [5.41, 5.74) is 3.18. The third kappa shape index (κ3) is 5.76. The van der Waals surface area contributed by atoms with Gasteiger partial charge in [-0.15, -0.1) is 0 Å². The summed E-state index contributed by atoms with van der Waals surface area (Å²) in [6.07, 6.45) is 0.857. The van der Waals surface area contributed by atoms with Crippen molar-refractivity contribution in [3.63, 3.8) is 0 Å². The molecule has 1 unspecified atom stereocenters. The highest BCUT2D eigenvalue weighted by molar-refractivity contribution is 5.94. The van der Waals surface area contributed by atoms with Crippen molar-refractivity contribution in [1.29, 1.82) is 0 Å². The maximum Gasteiger partial charge on any atom is 0.407 e. The first-order valence-electron chi connectivity index (χ1n) is 12.4. The number of ether oxygens (including phenoxy) is 4. The number of methoxy groups -OCH3 is 1. The van der Waals surface area contributed by atoms with Crippen molar-refractivity contribution < 1.29 is 28.5 Å². The van der Waals surface area contributed by atoms with E-state index < -0.39 is 12.1 Å². The Morgan fingerprint density at radius 2 is 1.95 bits per heavy atom. The highest BCUT2D eigenvalue weighted by atomic mass is 16.5. The zero-order valence-electron chi connectivity index (χ0n) is 21.0. The zero-order valence-corrected chi connectivity index (χ0v) is 21.0. The maximum absolute atomic E-state index is 12.0. The summed E-state index contributed by atoms with van der Waals surface area (Å²) < 4.78 is 23.5. The Bertz CT molecular complexity index is 1420. The lowest BCUT2D eigenvalue weighted by Crippen LogP contribution is -2.26. The van der Waals surface area contributed by atoms with Gasteiger partial charge < -0.3 is 24.3 Å². The Kier molecular flexibility index (Phi) is 7.79. The van der Waals surface area contributed by atoms with Crippen molar-refractivity contribution in [2.45, 2.75) is 25.7 Å². The van der Waals surface area contributed by atoms with Crippen molar-refractivity contribution >= 4 is 23.0 Å². The van der Waals surface area contributed by atoms with E-state index in [9.17, 15) is 9.59 Å². The van der Waals surface area contributed by atoms with E-state index in [0.29, 0.717) is 43.3 Å². The van der Waals surface area contributed by atoms with E-state index in [0.717, 1.165) is 22.9 Å². The molecule has 1 atom stereocenters. The summed E-state index contributed by atoms with van der Waals surface area (Å²) in [7, 11) is 1.32. The highest BCUT2D eigenvalue weighted by Crippen LogP contribution is 2.34. The second-order valence-electron chi connectivity index (χ2n) is 8.68. The van der Waals surface area contributed by atoms with Gasteiger partial charge in [-0.2, -0.15) is 5.10 Å². The molecule has 4 aromatic rings. The standard InChI is InChI=1S/C28H28N4O6/c1-35-27(33)23-10-5-9-22(30-23)26-21-17-20(11-12-24(21)32(31-26)25-13-16-37-25)36-15-6-14-29-28(34)38-18-19-7-3-2-4-8-19/h2-5,7-12,17,25H,6,13-16,18H2,1H3,(H,29,34). The number of rotatable bonds is 10. The Hall–Kier alpha value is -4.44. The molecule has 1 N–H and O–H groups in total. The molecule has 3 heterocycles. The molecule has 2 aromatic carbocycles. The molecule has 5 rings (SSSR count). The number of amides is 1. The fraction of sp³-hybridized carbons (Fsp3) is 0.286. The number of carbonyl (C=O) groups excluding carboxylic acids is 2. The van der Waals surface area contributed by atoms with Crippen molar-refractivity contribution in [2.75, 3.05) is 26.9 Å². The highest BCUT2D eigenvalue weighted by Gasteiger charge is 2.26. The van der Waals surface area contributed by atoms with Crippen LogP contribution in [0, 0.1) is 0 Å². The molecule has 10 heteroatoms. The molecule has 1 saturated heterocycles. The number of fused-ring (bicyclic) bond motifs is 1. The second kappa shape index (κ2) is 11.7. The lowest BCUT2D eigenvalue weighted by Gasteiger charge is -2.27. The number of hydrogen-bond donors (Lipinski definition) is 1. The summed E-state index contributed by atoms with van der Waals surface area (Å²) in [4.78, 5) is 28.4. The van der Waals surface area contributed by atoms with Crippen molar-refractivity contribution in [3.8, 4) is 17.1 Å². The van der Waals surface area contributed by atoms with Gasteiger partial charge in [-0.3, -0.25) is 0 Å². The van der Waals surface area contributed by atoms with Crippen LogP contribution >= 0.6 is 0 Å². The van der Waals surface area contributed by atoms with E-state index in [4.69, 9.17) is 24.0 Å². The van der Waals surface area contributed by atoms with Gasteiger partial charge in [-0.1, -0.05) is 36.4 Å². The first-order chi connectivity index (χ1) is 18.6. The molecule has 2 aromatic heterocycles. The molecule has 0 bridgehead atoms. The molecule has 0 radical (unpaired) electrons. The normalized spacial score (nSPS) is 14.5. The van der Waals surface area contributed by atoms with Gasteiger partial charge in [0.05, 0.1) is 31.5 Å². The molecular formula is C28H28N4O6. The predicted molar refractivity (Wildman–Crippen MR) is 139 cm³/mol. The monoisotopic (exact) mass is 516 g/mol. The van der Waals surface area contributed by atoms with Gasteiger partial charge in [0, 0.05) is 18.4 Å². The largest absolute Gasteiger partial charge is 0.494 e. The Labute approximate surface area is 219 Å². The predicted octanol–water partition coefficient (Wildman–Crippen LogP) is 4.50. The van der Waals surface area contributed by atoms with E-state index >= 15 is 0 Å². The van der Waals surface area contributed by atoms with Crippen LogP contribution in [0.25, 0.3) is 22.3 Å². The number of carbonyl (C=O) groups is 2. The number of benzene rings is 2. The summed E-state index contributed by atoms with van der Waals surface area (Å²) in [5, 5.41) is 8.34. The molecule has 38 heavy (non-hydrogen) atoms. The minimum Gasteiger partial charge on any atom is -0.494 e. The van der Waals surface area contributed by atoms with Gasteiger partial charge in [0.25, 0.3) is 0 Å². The lowest BCUT2D eigenvalue weighted by molar-refractivity contribution is -0.104. The van der Waals surface area contributed by atoms with Crippen molar-refractivity contribution in [1.82, 2.24) is 20.1 Å². The first kappa shape index (κ1) is 25.2. The Balaban J connectivity index is 1.23. The van der Waals surface area contributed by atoms with Gasteiger partial charge in [-0.05, 0) is 42.3 Å². The maximum atomic E-state index is 12.0. The summed E-state index contributed by atoms with van der Waals surface area (Å²) in [5.74, 6) is 0.142. The van der Waals surface area contributed by atoms with Crippen LogP contribution in [0.15, 0.2) is 66.7 Å². The molecule has 0 aliphatic carbocycles. The summed E-state index contributed by atoms with van der Waals surface area (Å²) in [6.45, 7) is 1.73. The van der Waals surface area contributed by atoms with Crippen LogP contribution in [-0.4, -0.2) is 53.7 Å². The van der Waals surface area contributed by atoms with Crippen LogP contribution < -0.4 is 10.1 Å². The number of pyridine rings is 1. The SMILES string of the molecule is COC(=O)c1cccc(-c2nn(C3CCO3)c3ccc(OCCCNC(=O)OCc4ccccc4)cc23)n1. The Morgan fingerprint density at radius 1 is 1.11 bits per heavy atom. The van der Waals surface area contributed by atoms with Crippen LogP contribution in [-0.2, 0) is 20.8 Å². The number of esters is 1. The lowest BCUT2D eigenvalue weighted by atomic mass is 10.1. The average Bonchev–Trinajstić information content (AvgIpc) is 3.29. The quantitative estimate of drug-likeness (QED) is 0.242. The van der Waals surface area contributed by atoms with Crippen molar-refractivity contribution in [2.24, 2.45) is 0 Å². The minimum atomic E-state index is -0.514. The van der Waals surface area contributed by atoms with Crippen molar-refractivity contribution in [3.05, 3.63) is 78.0 Å². The van der Waals surface area contributed by atoms with Crippen LogP contribution in [0.5, 0.6) is 5.75 Å². The number of alkyl carbamates (subject to hydrolysis) is 1. The molecule has 0 spiro atoms. The first-order valence-corrected chi connectivity index (χ1v) is 12.4. The molecular weight excluding hydrogens is 488 g/mol. The molecule has 196 valence electrons. The fourth-order valence-corrected chi connectivity index (χ4v) is 4.05. The zero-order chi connectivity index (χ0) is 26.3.